The number of carboxylic acid groups (broad SMARTS) is 1. The maximum atomic E-state index is 13.3. The van der Waals surface area contributed by atoms with Gasteiger partial charge in [0.15, 0.2) is 5.76 Å². The molecule has 8 heteroatoms. The fraction of sp³-hybridized carbons (Fsp3) is 0.138. The number of hydrogen-bond donors (Lipinski definition) is 2. The number of carbonyl (C=O) groups is 2. The largest absolute Gasteiger partial charge is 0.508 e. The molecule has 0 saturated carbocycles. The van der Waals surface area contributed by atoms with Crippen molar-refractivity contribution in [3.8, 4) is 23.0 Å². The van der Waals surface area contributed by atoms with Gasteiger partial charge < -0.3 is 24.4 Å². The van der Waals surface area contributed by atoms with Crippen molar-refractivity contribution >= 4 is 28.7 Å². The lowest BCUT2D eigenvalue weighted by atomic mass is 9.85. The Balaban J connectivity index is 1.61. The van der Waals surface area contributed by atoms with Gasteiger partial charge in [-0.25, -0.2) is 0 Å². The molecule has 186 valence electrons. The summed E-state index contributed by atoms with van der Waals surface area (Å²) in [5.74, 6) is -1.14. The van der Waals surface area contributed by atoms with E-state index in [0.29, 0.717) is 22.6 Å². The Bertz CT molecular complexity index is 1570. The Morgan fingerprint density at radius 3 is 2.68 bits per heavy atom. The molecule has 4 aromatic rings. The number of hydrogen-bond acceptors (Lipinski definition) is 7. The summed E-state index contributed by atoms with van der Waals surface area (Å²) < 4.78 is 16.7. The van der Waals surface area contributed by atoms with Gasteiger partial charge in [0.25, 0.3) is 0 Å². The van der Waals surface area contributed by atoms with Crippen molar-refractivity contribution in [1.82, 2.24) is 4.98 Å². The minimum absolute atomic E-state index is 0.0297. The van der Waals surface area contributed by atoms with Gasteiger partial charge in [0.05, 0.1) is 31.7 Å². The second-order valence-corrected chi connectivity index (χ2v) is 8.53. The highest BCUT2D eigenvalue weighted by molar-refractivity contribution is 6.15. The molecule has 2 heterocycles. The highest BCUT2D eigenvalue weighted by Gasteiger charge is 2.35. The third kappa shape index (κ3) is 4.45. The highest BCUT2D eigenvalue weighted by Crippen LogP contribution is 2.47. The van der Waals surface area contributed by atoms with Gasteiger partial charge in [-0.2, -0.15) is 0 Å². The number of aliphatic carboxylic acids is 1. The van der Waals surface area contributed by atoms with Crippen LogP contribution in [-0.4, -0.2) is 41.2 Å². The molecule has 0 aliphatic carbocycles. The molecule has 0 saturated heterocycles. The first-order valence-corrected chi connectivity index (χ1v) is 11.5. The van der Waals surface area contributed by atoms with E-state index in [1.165, 1.54) is 19.2 Å². The molecule has 8 nitrogen and oxygen atoms in total. The number of phenolic OH excluding ortho intramolecular Hbond substituents is 1. The van der Waals surface area contributed by atoms with Crippen LogP contribution in [0.3, 0.4) is 0 Å². The van der Waals surface area contributed by atoms with Crippen molar-refractivity contribution in [2.75, 3.05) is 14.2 Å². The zero-order valence-corrected chi connectivity index (χ0v) is 20.1. The Morgan fingerprint density at radius 2 is 1.92 bits per heavy atom. The zero-order valence-electron chi connectivity index (χ0n) is 20.1. The lowest BCUT2D eigenvalue weighted by molar-refractivity contribution is -0.137. The Hall–Kier alpha value is -4.85. The van der Waals surface area contributed by atoms with Crippen LogP contribution in [0.5, 0.6) is 23.0 Å². The summed E-state index contributed by atoms with van der Waals surface area (Å²) in [6.07, 6.45) is 2.91. The van der Waals surface area contributed by atoms with E-state index in [1.54, 1.807) is 55.8 Å². The first-order chi connectivity index (χ1) is 17.9. The minimum atomic E-state index is -1.06. The lowest BCUT2D eigenvalue weighted by Gasteiger charge is -2.20. The van der Waals surface area contributed by atoms with Gasteiger partial charge in [-0.05, 0) is 54.1 Å². The van der Waals surface area contributed by atoms with Crippen LogP contribution < -0.4 is 14.2 Å². The number of allylic oxidation sites excluding steroid dienone is 1. The molecular weight excluding hydrogens is 474 g/mol. The molecule has 0 radical (unpaired) electrons. The quantitative estimate of drug-likeness (QED) is 0.336. The zero-order chi connectivity index (χ0) is 26.1. The number of fused-ring (bicyclic) bond motifs is 2. The number of phenols is 1. The van der Waals surface area contributed by atoms with Crippen molar-refractivity contribution in [3.05, 3.63) is 94.9 Å². The number of carboxylic acids is 1. The predicted octanol–water partition coefficient (Wildman–Crippen LogP) is 5.18. The number of pyridine rings is 1. The molecule has 0 amide bonds. The first kappa shape index (κ1) is 23.9. The van der Waals surface area contributed by atoms with E-state index >= 15 is 0 Å². The van der Waals surface area contributed by atoms with Crippen molar-refractivity contribution in [3.63, 3.8) is 0 Å². The van der Waals surface area contributed by atoms with Crippen LogP contribution in [0.25, 0.3) is 17.0 Å². The van der Waals surface area contributed by atoms with Gasteiger partial charge in [0, 0.05) is 34.7 Å². The number of Topliss-reactive ketones (excluding diaryl/α,β-unsaturated/α-hetero) is 1. The molecule has 0 fully saturated rings. The molecule has 1 aliphatic rings. The van der Waals surface area contributed by atoms with Crippen molar-refractivity contribution in [1.29, 1.82) is 0 Å². The molecule has 1 aliphatic heterocycles. The maximum Gasteiger partial charge on any atom is 0.304 e. The second-order valence-electron chi connectivity index (χ2n) is 8.53. The molecule has 1 atom stereocenters. The predicted molar refractivity (Wildman–Crippen MR) is 136 cm³/mol. The molecule has 0 bridgehead atoms. The summed E-state index contributed by atoms with van der Waals surface area (Å²) in [7, 11) is 3.05. The van der Waals surface area contributed by atoms with Gasteiger partial charge >= 0.3 is 5.97 Å². The lowest BCUT2D eigenvalue weighted by Crippen LogP contribution is -2.09. The highest BCUT2D eigenvalue weighted by atomic mass is 16.5. The number of nitrogens with zero attached hydrogens (tertiary/aromatic N) is 1. The summed E-state index contributed by atoms with van der Waals surface area (Å²) in [4.78, 5) is 29.5. The first-order valence-electron chi connectivity index (χ1n) is 11.5. The standard InChI is InChI=1S/C29H23NO7/c1-35-19-7-5-18(24(14-19)36-2)13-25-28(34)20-8-10-23(31)27(29(20)37-25)21(15-26(32)33)16-6-9-22-17(12-16)4-3-11-30-22/h3-14,21,31H,15H2,1-2H3,(H,32,33)/b25-13-/t21-/m0/s1. The molecule has 2 N–H and O–H groups in total. The molecule has 0 spiro atoms. The SMILES string of the molecule is COc1ccc(/C=C2\Oc3c(ccc(O)c3[C@@H](CC(=O)O)c3ccc4ncccc4c3)C2=O)c(OC)c1. The Labute approximate surface area is 212 Å². The van der Waals surface area contributed by atoms with E-state index in [4.69, 9.17) is 14.2 Å². The van der Waals surface area contributed by atoms with Crippen LogP contribution in [0, 0.1) is 0 Å². The van der Waals surface area contributed by atoms with E-state index in [1.807, 2.05) is 12.1 Å². The second kappa shape index (κ2) is 9.66. The molecule has 0 unspecified atom stereocenters. The third-order valence-electron chi connectivity index (χ3n) is 6.34. The van der Waals surface area contributed by atoms with Crippen LogP contribution >= 0.6 is 0 Å². The van der Waals surface area contributed by atoms with E-state index in [2.05, 4.69) is 4.98 Å². The topological polar surface area (TPSA) is 115 Å². The van der Waals surface area contributed by atoms with Crippen LogP contribution in [-0.2, 0) is 4.79 Å². The average Bonchev–Trinajstić information content (AvgIpc) is 3.22. The molecular formula is C29H23NO7. The Kier molecular flexibility index (Phi) is 6.23. The fourth-order valence-corrected chi connectivity index (χ4v) is 4.55. The van der Waals surface area contributed by atoms with E-state index in [-0.39, 0.29) is 40.6 Å². The van der Waals surface area contributed by atoms with Crippen LogP contribution in [0.2, 0.25) is 0 Å². The summed E-state index contributed by atoms with van der Waals surface area (Å²) in [5.41, 5.74) is 2.48. The third-order valence-corrected chi connectivity index (χ3v) is 6.34. The van der Waals surface area contributed by atoms with E-state index in [9.17, 15) is 19.8 Å². The van der Waals surface area contributed by atoms with Crippen molar-refractivity contribution in [2.45, 2.75) is 12.3 Å². The number of ketones is 1. The Morgan fingerprint density at radius 1 is 1.08 bits per heavy atom. The summed E-state index contributed by atoms with van der Waals surface area (Å²) in [6, 6.07) is 17.1. The number of benzene rings is 3. The number of rotatable bonds is 7. The van der Waals surface area contributed by atoms with E-state index < -0.39 is 11.9 Å². The summed E-state index contributed by atoms with van der Waals surface area (Å²) >= 11 is 0. The van der Waals surface area contributed by atoms with Crippen LogP contribution in [0.4, 0.5) is 0 Å². The number of ether oxygens (including phenoxy) is 3. The van der Waals surface area contributed by atoms with Crippen LogP contribution in [0.15, 0.2) is 72.6 Å². The smallest absolute Gasteiger partial charge is 0.304 e. The van der Waals surface area contributed by atoms with Crippen molar-refractivity contribution < 1.29 is 34.0 Å². The average molecular weight is 498 g/mol. The number of aromatic hydroxyl groups is 1. The van der Waals surface area contributed by atoms with Crippen LogP contribution in [0.1, 0.15) is 39.4 Å². The van der Waals surface area contributed by atoms with Crippen molar-refractivity contribution in [2.24, 2.45) is 0 Å². The van der Waals surface area contributed by atoms with Gasteiger partial charge in [-0.3, -0.25) is 14.6 Å². The normalized spacial score (nSPS) is 14.3. The summed E-state index contributed by atoms with van der Waals surface area (Å²) in [5, 5.41) is 21.4. The molecule has 37 heavy (non-hydrogen) atoms. The number of methoxy groups -OCH3 is 2. The van der Waals surface area contributed by atoms with Gasteiger partial charge in [0.1, 0.15) is 23.0 Å². The number of carbonyl (C=O) groups excluding carboxylic acids is 1. The monoisotopic (exact) mass is 497 g/mol. The molecule has 3 aromatic carbocycles. The maximum absolute atomic E-state index is 13.3. The fourth-order valence-electron chi connectivity index (χ4n) is 4.55. The van der Waals surface area contributed by atoms with Gasteiger partial charge in [-0.15, -0.1) is 0 Å². The van der Waals surface area contributed by atoms with E-state index in [0.717, 1.165) is 10.9 Å². The minimum Gasteiger partial charge on any atom is -0.508 e. The molecule has 1 aromatic heterocycles. The van der Waals surface area contributed by atoms with Gasteiger partial charge in [0.2, 0.25) is 5.78 Å². The summed E-state index contributed by atoms with van der Waals surface area (Å²) in [6.45, 7) is 0. The number of aromatic nitrogens is 1. The molecule has 5 rings (SSSR count). The van der Waals surface area contributed by atoms with Gasteiger partial charge in [-0.1, -0.05) is 12.1 Å².